The first-order valence-corrected chi connectivity index (χ1v) is 5.28. The smallest absolute Gasteiger partial charge is 0.222 e. The normalized spacial score (nSPS) is 32.9. The third-order valence-electron chi connectivity index (χ3n) is 1.78. The highest BCUT2D eigenvalue weighted by Gasteiger charge is 2.60. The molecule has 0 amide bonds. The zero-order valence-corrected chi connectivity index (χ0v) is 7.86. The zero-order valence-electron chi connectivity index (χ0n) is 6.96. The van der Waals surface area contributed by atoms with Gasteiger partial charge in [0.15, 0.2) is 5.82 Å². The summed E-state index contributed by atoms with van der Waals surface area (Å²) in [6.07, 6.45) is 0. The van der Waals surface area contributed by atoms with Gasteiger partial charge in [-0.1, -0.05) is 0 Å². The monoisotopic (exact) mass is 236 g/mol. The molecule has 0 saturated carbocycles. The predicted molar refractivity (Wildman–Crippen MR) is 41.5 cm³/mol. The first kappa shape index (κ1) is 9.20. The maximum Gasteiger partial charge on any atom is 0.538 e. The molecule has 3 heterocycles. The van der Waals surface area contributed by atoms with Gasteiger partial charge in [0, 0.05) is 6.07 Å². The Hall–Kier alpha value is -1.05. The molecule has 80 valence electrons. The summed E-state index contributed by atoms with van der Waals surface area (Å²) in [5, 5.41) is 1.31. The SMILES string of the molecule is O=P12ON(O1)N(c1ccc(F)cc1F)O2. The van der Waals surface area contributed by atoms with Gasteiger partial charge in [-0.2, -0.15) is 0 Å². The van der Waals surface area contributed by atoms with Crippen molar-refractivity contribution in [2.75, 3.05) is 5.17 Å². The first-order chi connectivity index (χ1) is 7.07. The second-order valence-corrected chi connectivity index (χ2v) is 4.18. The molecule has 3 fully saturated rings. The Kier molecular flexibility index (Phi) is 1.68. The second-order valence-electron chi connectivity index (χ2n) is 2.80. The second kappa shape index (κ2) is 2.75. The number of phosphoric acid groups is 1. The summed E-state index contributed by atoms with van der Waals surface area (Å²) >= 11 is 0. The number of fused-ring (bicyclic) bond motifs is 1. The summed E-state index contributed by atoms with van der Waals surface area (Å²) in [6, 6.07) is 2.78. The van der Waals surface area contributed by atoms with Gasteiger partial charge in [0.2, 0.25) is 0 Å². The van der Waals surface area contributed by atoms with Gasteiger partial charge < -0.3 is 0 Å². The van der Waals surface area contributed by atoms with E-state index in [0.29, 0.717) is 16.6 Å². The molecule has 0 aromatic heterocycles. The van der Waals surface area contributed by atoms with E-state index in [0.717, 1.165) is 12.1 Å². The lowest BCUT2D eigenvalue weighted by Crippen LogP contribution is -2.34. The number of rotatable bonds is 1. The molecule has 3 saturated heterocycles. The van der Waals surface area contributed by atoms with E-state index < -0.39 is 19.5 Å². The average molecular weight is 236 g/mol. The first-order valence-electron chi connectivity index (χ1n) is 3.82. The fourth-order valence-electron chi connectivity index (χ4n) is 1.17. The van der Waals surface area contributed by atoms with Gasteiger partial charge in [-0.3, -0.25) is 0 Å². The van der Waals surface area contributed by atoms with Crippen LogP contribution in [-0.2, 0) is 18.4 Å². The Balaban J connectivity index is 1.98. The maximum atomic E-state index is 13.2. The van der Waals surface area contributed by atoms with Gasteiger partial charge in [0.1, 0.15) is 11.5 Å². The highest BCUT2D eigenvalue weighted by atomic mass is 31.2. The van der Waals surface area contributed by atoms with E-state index in [4.69, 9.17) is 0 Å². The molecular weight excluding hydrogens is 233 g/mol. The Morgan fingerprint density at radius 3 is 2.47 bits per heavy atom. The van der Waals surface area contributed by atoms with Crippen molar-refractivity contribution in [3.63, 3.8) is 0 Å². The molecule has 0 N–H and O–H groups in total. The van der Waals surface area contributed by atoms with E-state index in [-0.39, 0.29) is 5.69 Å². The molecule has 15 heavy (non-hydrogen) atoms. The predicted octanol–water partition coefficient (Wildman–Crippen LogP) is 1.92. The third kappa shape index (κ3) is 1.27. The maximum absolute atomic E-state index is 13.2. The van der Waals surface area contributed by atoms with Crippen LogP contribution in [0.5, 0.6) is 0 Å². The fraction of sp³-hybridized carbons (Fsp3) is 0. The molecule has 2 bridgehead atoms. The van der Waals surface area contributed by atoms with Crippen molar-refractivity contribution in [2.45, 2.75) is 0 Å². The third-order valence-corrected chi connectivity index (χ3v) is 2.82. The summed E-state index contributed by atoms with van der Waals surface area (Å²) in [6.45, 7) is 0. The molecule has 0 radical (unpaired) electrons. The number of benzene rings is 1. The lowest BCUT2D eigenvalue weighted by atomic mass is 10.3. The van der Waals surface area contributed by atoms with Crippen molar-refractivity contribution in [3.8, 4) is 0 Å². The van der Waals surface area contributed by atoms with Crippen LogP contribution in [0, 0.1) is 11.6 Å². The highest BCUT2D eigenvalue weighted by Crippen LogP contribution is 2.67. The molecule has 0 aliphatic carbocycles. The van der Waals surface area contributed by atoms with Crippen molar-refractivity contribution in [3.05, 3.63) is 29.8 Å². The van der Waals surface area contributed by atoms with Crippen LogP contribution in [-0.4, -0.2) is 5.34 Å². The fourth-order valence-corrected chi connectivity index (χ4v) is 2.05. The van der Waals surface area contributed by atoms with Crippen LogP contribution in [0.3, 0.4) is 0 Å². The molecule has 9 heteroatoms. The van der Waals surface area contributed by atoms with E-state index in [1.165, 1.54) is 0 Å². The van der Waals surface area contributed by atoms with Gasteiger partial charge in [-0.15, -0.1) is 19.0 Å². The van der Waals surface area contributed by atoms with Gasteiger partial charge in [-0.05, 0) is 12.1 Å². The number of anilines is 1. The van der Waals surface area contributed by atoms with Crippen LogP contribution in [0.1, 0.15) is 0 Å². The Morgan fingerprint density at radius 2 is 1.93 bits per heavy atom. The Labute approximate surface area is 82.0 Å². The molecule has 1 aromatic carbocycles. The number of halogens is 2. The molecule has 1 aromatic rings. The summed E-state index contributed by atoms with van der Waals surface area (Å²) < 4.78 is 50.5. The minimum absolute atomic E-state index is 0.161. The molecule has 0 spiro atoms. The number of hydrazine groups is 1. The van der Waals surface area contributed by atoms with Crippen molar-refractivity contribution in [2.24, 2.45) is 0 Å². The molecule has 6 nitrogen and oxygen atoms in total. The lowest BCUT2D eigenvalue weighted by molar-refractivity contribution is -0.318. The number of nitrogens with zero attached hydrogens (tertiary/aromatic N) is 2. The van der Waals surface area contributed by atoms with E-state index in [9.17, 15) is 13.3 Å². The standard InChI is InChI=1S/C6H3F2N2O4P/c7-4-1-2-6(5(8)3-4)9-10-13-15(11,12-9)14-10/h1-3H. The molecule has 3 aliphatic heterocycles. The van der Waals surface area contributed by atoms with E-state index in [1.54, 1.807) is 0 Å². The molecular formula is C6H3F2N2O4P. The van der Waals surface area contributed by atoms with Gasteiger partial charge in [0.25, 0.3) is 0 Å². The van der Waals surface area contributed by atoms with Crippen LogP contribution in [0.15, 0.2) is 18.2 Å². The lowest BCUT2D eigenvalue weighted by Gasteiger charge is -2.21. The summed E-state index contributed by atoms with van der Waals surface area (Å²) in [5.41, 5.74) is -0.161. The van der Waals surface area contributed by atoms with Crippen molar-refractivity contribution in [1.82, 2.24) is 5.34 Å². The summed E-state index contributed by atoms with van der Waals surface area (Å²) in [7, 11) is -3.56. The summed E-state index contributed by atoms with van der Waals surface area (Å²) in [5.74, 6) is -1.62. The van der Waals surface area contributed by atoms with Crippen molar-refractivity contribution >= 4 is 13.5 Å². The largest absolute Gasteiger partial charge is 0.538 e. The van der Waals surface area contributed by atoms with Gasteiger partial charge in [-0.25, -0.2) is 13.3 Å². The number of hydrogen-bond acceptors (Lipinski definition) is 6. The van der Waals surface area contributed by atoms with Gasteiger partial charge >= 0.3 is 7.82 Å². The van der Waals surface area contributed by atoms with Crippen molar-refractivity contribution < 1.29 is 27.2 Å². The van der Waals surface area contributed by atoms with Gasteiger partial charge in [0.05, 0.1) is 5.34 Å². The molecule has 3 aliphatic rings. The zero-order chi connectivity index (χ0) is 10.6. The minimum atomic E-state index is -3.56. The quantitative estimate of drug-likeness (QED) is 0.694. The molecule has 0 unspecified atom stereocenters. The van der Waals surface area contributed by atoms with Crippen molar-refractivity contribution in [1.29, 1.82) is 0 Å². The van der Waals surface area contributed by atoms with E-state index >= 15 is 0 Å². The summed E-state index contributed by atoms with van der Waals surface area (Å²) in [4.78, 5) is 0. The minimum Gasteiger partial charge on any atom is -0.222 e. The van der Waals surface area contributed by atoms with Crippen LogP contribution >= 0.6 is 7.82 Å². The topological polar surface area (TPSA) is 51.2 Å². The molecule has 0 atom stereocenters. The van der Waals surface area contributed by atoms with E-state index in [1.807, 2.05) is 0 Å². The number of hydrogen-bond donors (Lipinski definition) is 0. The molecule has 4 rings (SSSR count). The highest BCUT2D eigenvalue weighted by molar-refractivity contribution is 7.49. The van der Waals surface area contributed by atoms with Crippen LogP contribution in [0.2, 0.25) is 0 Å². The van der Waals surface area contributed by atoms with Crippen LogP contribution in [0.25, 0.3) is 0 Å². The Bertz CT molecular complexity index is 474. The average Bonchev–Trinajstić information content (AvgIpc) is 2.57. The van der Waals surface area contributed by atoms with E-state index in [2.05, 4.69) is 13.9 Å². The Morgan fingerprint density at radius 1 is 1.20 bits per heavy atom. The van der Waals surface area contributed by atoms with Crippen LogP contribution < -0.4 is 5.17 Å². The van der Waals surface area contributed by atoms with Crippen LogP contribution in [0.4, 0.5) is 14.5 Å².